The smallest absolute Gasteiger partial charge is 0.273 e. The van der Waals surface area contributed by atoms with Crippen LogP contribution in [0, 0.1) is 0 Å². The van der Waals surface area contributed by atoms with Gasteiger partial charge in [0, 0.05) is 30.3 Å². The van der Waals surface area contributed by atoms with Gasteiger partial charge in [0.2, 0.25) is 5.91 Å². The molecular formula is C21H24ClN5O2S2. The molecule has 7 nitrogen and oxygen atoms in total. The highest BCUT2D eigenvalue weighted by Crippen LogP contribution is 2.29. The van der Waals surface area contributed by atoms with Crippen LogP contribution < -0.4 is 15.8 Å². The Hall–Kier alpha value is -2.10. The van der Waals surface area contributed by atoms with Crippen LogP contribution in [-0.2, 0) is 11.3 Å². The summed E-state index contributed by atoms with van der Waals surface area (Å²) in [5.41, 5.74) is 1.03. The van der Waals surface area contributed by atoms with Gasteiger partial charge in [-0.2, -0.15) is 4.98 Å². The van der Waals surface area contributed by atoms with Crippen molar-refractivity contribution in [1.82, 2.24) is 14.5 Å². The Morgan fingerprint density at radius 1 is 1.26 bits per heavy atom. The zero-order chi connectivity index (χ0) is 21.8. The zero-order valence-corrected chi connectivity index (χ0v) is 19.7. The highest BCUT2D eigenvalue weighted by Gasteiger charge is 2.20. The third-order valence-corrected chi connectivity index (χ3v) is 7.29. The highest BCUT2D eigenvalue weighted by atomic mass is 35.5. The maximum Gasteiger partial charge on any atom is 0.273 e. The maximum absolute atomic E-state index is 13.2. The highest BCUT2D eigenvalue weighted by molar-refractivity contribution is 7.99. The number of halogens is 1. The molecule has 1 saturated heterocycles. The van der Waals surface area contributed by atoms with Gasteiger partial charge in [0.1, 0.15) is 4.70 Å². The van der Waals surface area contributed by atoms with E-state index in [4.69, 9.17) is 11.6 Å². The van der Waals surface area contributed by atoms with E-state index >= 15 is 0 Å². The van der Waals surface area contributed by atoms with Crippen molar-refractivity contribution in [2.24, 2.45) is 0 Å². The number of hydrogen-bond acceptors (Lipinski definition) is 7. The van der Waals surface area contributed by atoms with Crippen molar-refractivity contribution in [2.75, 3.05) is 29.1 Å². The molecule has 10 heteroatoms. The second-order valence-electron chi connectivity index (χ2n) is 7.40. The molecular weight excluding hydrogens is 454 g/mol. The molecule has 0 unspecified atom stereocenters. The molecule has 0 spiro atoms. The number of nitrogens with one attached hydrogen (secondary N) is 1. The fraction of sp³-hybridized carbons (Fsp3) is 0.429. The zero-order valence-electron chi connectivity index (χ0n) is 17.3. The second-order valence-corrected chi connectivity index (χ2v) is 9.75. The number of carbonyl (C=O) groups excluding carboxylic acids is 1. The molecule has 1 amide bonds. The molecule has 1 fully saturated rings. The van der Waals surface area contributed by atoms with Gasteiger partial charge in [-0.3, -0.25) is 14.2 Å². The summed E-state index contributed by atoms with van der Waals surface area (Å²) < 4.78 is 2.25. The first-order chi connectivity index (χ1) is 15.0. The van der Waals surface area contributed by atoms with Crippen molar-refractivity contribution >= 4 is 61.8 Å². The van der Waals surface area contributed by atoms with Crippen molar-refractivity contribution in [3.05, 3.63) is 39.6 Å². The minimum absolute atomic E-state index is 0.0784. The van der Waals surface area contributed by atoms with Crippen LogP contribution in [0.5, 0.6) is 0 Å². The number of rotatable bonds is 7. The summed E-state index contributed by atoms with van der Waals surface area (Å²) in [4.78, 5) is 37.1. The topological polar surface area (TPSA) is 80.1 Å². The van der Waals surface area contributed by atoms with E-state index in [0.29, 0.717) is 32.8 Å². The Morgan fingerprint density at radius 3 is 2.81 bits per heavy atom. The van der Waals surface area contributed by atoms with E-state index in [1.807, 2.05) is 6.92 Å². The third kappa shape index (κ3) is 5.22. The summed E-state index contributed by atoms with van der Waals surface area (Å²) in [6, 6.07) is 7.00. The van der Waals surface area contributed by atoms with E-state index in [1.54, 1.807) is 28.8 Å². The number of anilines is 2. The Labute approximate surface area is 193 Å². The number of hydrogen-bond donors (Lipinski definition) is 1. The molecule has 3 aromatic rings. The number of amides is 1. The largest absolute Gasteiger partial charge is 0.348 e. The predicted octanol–water partition coefficient (Wildman–Crippen LogP) is 4.64. The van der Waals surface area contributed by atoms with Crippen molar-refractivity contribution in [1.29, 1.82) is 0 Å². The predicted molar refractivity (Wildman–Crippen MR) is 129 cm³/mol. The number of benzene rings is 1. The van der Waals surface area contributed by atoms with Crippen molar-refractivity contribution < 1.29 is 4.79 Å². The van der Waals surface area contributed by atoms with Gasteiger partial charge in [-0.05, 0) is 43.9 Å². The number of piperidine rings is 1. The van der Waals surface area contributed by atoms with Crippen LogP contribution in [0.25, 0.3) is 10.3 Å². The molecule has 31 heavy (non-hydrogen) atoms. The van der Waals surface area contributed by atoms with Crippen molar-refractivity contribution in [3.8, 4) is 0 Å². The Morgan fingerprint density at radius 2 is 2.06 bits per heavy atom. The Bertz CT molecular complexity index is 1140. The van der Waals surface area contributed by atoms with E-state index in [2.05, 4.69) is 20.2 Å². The van der Waals surface area contributed by atoms with Crippen LogP contribution in [0.2, 0.25) is 5.02 Å². The molecule has 1 aliphatic heterocycles. The van der Waals surface area contributed by atoms with E-state index in [9.17, 15) is 9.59 Å². The average molecular weight is 478 g/mol. The number of thioether (sulfide) groups is 1. The van der Waals surface area contributed by atoms with Gasteiger partial charge in [0.25, 0.3) is 5.56 Å². The Kier molecular flexibility index (Phi) is 7.14. The lowest BCUT2D eigenvalue weighted by atomic mass is 10.1. The van der Waals surface area contributed by atoms with Crippen LogP contribution >= 0.6 is 34.7 Å². The molecule has 0 aliphatic carbocycles. The van der Waals surface area contributed by atoms with Gasteiger partial charge in [0.05, 0.1) is 5.75 Å². The molecule has 164 valence electrons. The molecule has 0 bridgehead atoms. The average Bonchev–Trinajstić information content (AvgIpc) is 3.20. The standard InChI is InChI=1S/C21H24ClN5O2S2/c1-2-9-27-19(29)17-18(24-20(31-17)26-10-4-3-5-11-26)25-21(27)30-13-16(28)23-15-8-6-7-14(22)12-15/h6-8,12H,2-5,9-11,13H2,1H3,(H,23,28). The van der Waals surface area contributed by atoms with Gasteiger partial charge < -0.3 is 10.2 Å². The molecule has 3 heterocycles. The quantitative estimate of drug-likeness (QED) is 0.394. The summed E-state index contributed by atoms with van der Waals surface area (Å²) in [6.07, 6.45) is 4.33. The van der Waals surface area contributed by atoms with E-state index in [1.165, 1.54) is 29.5 Å². The Balaban J connectivity index is 1.56. The summed E-state index contributed by atoms with van der Waals surface area (Å²) in [6.45, 7) is 4.50. The van der Waals surface area contributed by atoms with Gasteiger partial charge in [-0.1, -0.05) is 47.7 Å². The SMILES string of the molecule is CCCn1c(SCC(=O)Nc2cccc(Cl)c2)nc2nc(N3CCCCC3)sc2c1=O. The maximum atomic E-state index is 13.2. The second kappa shape index (κ2) is 10.0. The van der Waals surface area contributed by atoms with Crippen LogP contribution in [0.3, 0.4) is 0 Å². The van der Waals surface area contributed by atoms with Crippen molar-refractivity contribution in [3.63, 3.8) is 0 Å². The first-order valence-electron chi connectivity index (χ1n) is 10.4. The lowest BCUT2D eigenvalue weighted by Gasteiger charge is -2.25. The minimum atomic E-state index is -0.183. The number of fused-ring (bicyclic) bond motifs is 1. The fourth-order valence-electron chi connectivity index (χ4n) is 3.52. The monoisotopic (exact) mass is 477 g/mol. The molecule has 0 radical (unpaired) electrons. The first-order valence-corrected chi connectivity index (χ1v) is 12.6. The number of carbonyl (C=O) groups is 1. The lowest BCUT2D eigenvalue weighted by molar-refractivity contribution is -0.113. The molecule has 0 atom stereocenters. The van der Waals surface area contributed by atoms with Crippen LogP contribution in [0.4, 0.5) is 10.8 Å². The number of aromatic nitrogens is 3. The molecule has 4 rings (SSSR count). The third-order valence-electron chi connectivity index (χ3n) is 4.98. The van der Waals surface area contributed by atoms with Crippen LogP contribution in [0.1, 0.15) is 32.6 Å². The summed E-state index contributed by atoms with van der Waals surface area (Å²) >= 11 is 8.65. The van der Waals surface area contributed by atoms with E-state index < -0.39 is 0 Å². The van der Waals surface area contributed by atoms with Gasteiger partial charge in [0.15, 0.2) is 15.9 Å². The molecule has 2 aromatic heterocycles. The van der Waals surface area contributed by atoms with Crippen LogP contribution in [0.15, 0.2) is 34.2 Å². The first kappa shape index (κ1) is 22.1. The summed E-state index contributed by atoms with van der Waals surface area (Å²) in [7, 11) is 0. The molecule has 1 N–H and O–H groups in total. The normalized spacial score (nSPS) is 14.2. The lowest BCUT2D eigenvalue weighted by Crippen LogP contribution is -2.29. The van der Waals surface area contributed by atoms with Crippen molar-refractivity contribution in [2.45, 2.75) is 44.3 Å². The minimum Gasteiger partial charge on any atom is -0.348 e. The number of thiazole rings is 1. The number of nitrogens with zero attached hydrogens (tertiary/aromatic N) is 4. The van der Waals surface area contributed by atoms with Crippen LogP contribution in [-0.4, -0.2) is 39.3 Å². The van der Waals surface area contributed by atoms with E-state index in [0.717, 1.165) is 37.5 Å². The molecule has 1 aliphatic rings. The molecule has 0 saturated carbocycles. The summed E-state index contributed by atoms with van der Waals surface area (Å²) in [5, 5.41) is 4.77. The fourth-order valence-corrected chi connectivity index (χ4v) is 5.53. The summed E-state index contributed by atoms with van der Waals surface area (Å²) in [5.74, 6) is -0.0472. The van der Waals surface area contributed by atoms with Gasteiger partial charge >= 0.3 is 0 Å². The van der Waals surface area contributed by atoms with E-state index in [-0.39, 0.29) is 17.2 Å². The molecule has 1 aromatic carbocycles. The van der Waals surface area contributed by atoms with Gasteiger partial charge in [-0.25, -0.2) is 4.98 Å². The van der Waals surface area contributed by atoms with Gasteiger partial charge in [-0.15, -0.1) is 0 Å².